The van der Waals surface area contributed by atoms with Crippen molar-refractivity contribution in [2.75, 3.05) is 20.6 Å². The number of amides is 2. The van der Waals surface area contributed by atoms with Crippen molar-refractivity contribution < 1.29 is 9.59 Å². The van der Waals surface area contributed by atoms with E-state index in [0.29, 0.717) is 6.42 Å². The SMILES string of the molecule is CN(C)C(=O)c1sc2ccccc2c1C[C@@H]1CCCCCN1C(=O)CCc1ccccc1. The summed E-state index contributed by atoms with van der Waals surface area (Å²) < 4.78 is 1.14. The normalized spacial score (nSPS) is 16.7. The van der Waals surface area contributed by atoms with Crippen LogP contribution in [0, 0.1) is 0 Å². The van der Waals surface area contributed by atoms with E-state index in [9.17, 15) is 9.59 Å². The largest absolute Gasteiger partial charge is 0.344 e. The van der Waals surface area contributed by atoms with Crippen LogP contribution in [0.3, 0.4) is 0 Å². The average molecular weight is 449 g/mol. The topological polar surface area (TPSA) is 40.6 Å². The van der Waals surface area contributed by atoms with E-state index in [4.69, 9.17) is 0 Å². The van der Waals surface area contributed by atoms with Gasteiger partial charge in [-0.3, -0.25) is 9.59 Å². The van der Waals surface area contributed by atoms with Crippen LogP contribution in [-0.2, 0) is 17.6 Å². The number of likely N-dealkylation sites (tertiary alicyclic amines) is 1. The highest BCUT2D eigenvalue weighted by Crippen LogP contribution is 2.34. The molecule has 5 heteroatoms. The Morgan fingerprint density at radius 1 is 1.00 bits per heavy atom. The molecule has 0 radical (unpaired) electrons. The molecule has 2 amide bonds. The lowest BCUT2D eigenvalue weighted by molar-refractivity contribution is -0.133. The Bertz CT molecular complexity index is 1070. The van der Waals surface area contributed by atoms with Gasteiger partial charge in [0.05, 0.1) is 4.88 Å². The number of thiophene rings is 1. The van der Waals surface area contributed by atoms with E-state index in [0.717, 1.165) is 65.6 Å². The maximum Gasteiger partial charge on any atom is 0.263 e. The molecule has 1 aliphatic heterocycles. The third kappa shape index (κ3) is 5.04. The Morgan fingerprint density at radius 2 is 1.75 bits per heavy atom. The molecular formula is C27H32N2O2S. The Morgan fingerprint density at radius 3 is 2.53 bits per heavy atom. The summed E-state index contributed by atoms with van der Waals surface area (Å²) in [6.07, 6.45) is 6.40. The van der Waals surface area contributed by atoms with Gasteiger partial charge < -0.3 is 9.80 Å². The molecule has 3 aromatic rings. The summed E-state index contributed by atoms with van der Waals surface area (Å²) in [5.41, 5.74) is 2.31. The van der Waals surface area contributed by atoms with Crippen LogP contribution in [0.15, 0.2) is 54.6 Å². The Balaban J connectivity index is 1.59. The summed E-state index contributed by atoms with van der Waals surface area (Å²) in [5.74, 6) is 0.289. The number of carbonyl (C=O) groups excluding carboxylic acids is 2. The second kappa shape index (κ2) is 10.3. The average Bonchev–Trinajstić information content (AvgIpc) is 3.00. The highest BCUT2D eigenvalue weighted by atomic mass is 32.1. The van der Waals surface area contributed by atoms with Gasteiger partial charge in [0.1, 0.15) is 0 Å². The number of carbonyl (C=O) groups is 2. The van der Waals surface area contributed by atoms with Gasteiger partial charge >= 0.3 is 0 Å². The minimum Gasteiger partial charge on any atom is -0.344 e. The minimum absolute atomic E-state index is 0.0526. The van der Waals surface area contributed by atoms with Gasteiger partial charge in [0.2, 0.25) is 5.91 Å². The smallest absolute Gasteiger partial charge is 0.263 e. The first-order chi connectivity index (χ1) is 15.5. The molecule has 32 heavy (non-hydrogen) atoms. The first kappa shape index (κ1) is 22.5. The molecule has 2 aromatic carbocycles. The number of nitrogens with zero attached hydrogens (tertiary/aromatic N) is 2. The lowest BCUT2D eigenvalue weighted by atomic mass is 9.97. The zero-order chi connectivity index (χ0) is 22.5. The summed E-state index contributed by atoms with van der Waals surface area (Å²) in [5, 5.41) is 1.16. The molecule has 4 rings (SSSR count). The van der Waals surface area contributed by atoms with Crippen LogP contribution < -0.4 is 0 Å². The van der Waals surface area contributed by atoms with Crippen molar-refractivity contribution in [2.45, 2.75) is 51.0 Å². The Kier molecular flexibility index (Phi) is 7.26. The number of fused-ring (bicyclic) bond motifs is 1. The van der Waals surface area contributed by atoms with Crippen LogP contribution in [0.2, 0.25) is 0 Å². The van der Waals surface area contributed by atoms with Crippen LogP contribution in [0.5, 0.6) is 0 Å². The van der Waals surface area contributed by atoms with Gasteiger partial charge in [-0.1, -0.05) is 61.4 Å². The van der Waals surface area contributed by atoms with Gasteiger partial charge in [0.15, 0.2) is 0 Å². The van der Waals surface area contributed by atoms with E-state index in [-0.39, 0.29) is 17.9 Å². The summed E-state index contributed by atoms with van der Waals surface area (Å²) in [6.45, 7) is 0.817. The second-order valence-corrected chi connectivity index (χ2v) is 9.94. The van der Waals surface area contributed by atoms with Crippen LogP contribution in [-0.4, -0.2) is 48.3 Å². The predicted molar refractivity (Wildman–Crippen MR) is 132 cm³/mol. The quantitative estimate of drug-likeness (QED) is 0.496. The van der Waals surface area contributed by atoms with Crippen LogP contribution >= 0.6 is 11.3 Å². The zero-order valence-electron chi connectivity index (χ0n) is 19.0. The molecule has 1 aromatic heterocycles. The van der Waals surface area contributed by atoms with Gasteiger partial charge in [-0.15, -0.1) is 11.3 Å². The van der Waals surface area contributed by atoms with Crippen molar-refractivity contribution in [1.82, 2.24) is 9.80 Å². The lowest BCUT2D eigenvalue weighted by Crippen LogP contribution is -2.41. The van der Waals surface area contributed by atoms with Crippen molar-refractivity contribution in [3.63, 3.8) is 0 Å². The van der Waals surface area contributed by atoms with E-state index in [1.165, 1.54) is 5.56 Å². The van der Waals surface area contributed by atoms with E-state index in [2.05, 4.69) is 29.2 Å². The fourth-order valence-electron chi connectivity index (χ4n) is 4.67. The third-order valence-corrected chi connectivity index (χ3v) is 7.61. The van der Waals surface area contributed by atoms with Gasteiger partial charge in [-0.2, -0.15) is 0 Å². The molecule has 0 bridgehead atoms. The molecule has 1 fully saturated rings. The first-order valence-electron chi connectivity index (χ1n) is 11.6. The molecule has 2 heterocycles. The first-order valence-corrected chi connectivity index (χ1v) is 12.4. The molecule has 0 saturated carbocycles. The maximum absolute atomic E-state index is 13.3. The van der Waals surface area contributed by atoms with Crippen LogP contribution in [0.1, 0.15) is 52.9 Å². The van der Waals surface area contributed by atoms with Crippen molar-refractivity contribution in [3.8, 4) is 0 Å². The highest BCUT2D eigenvalue weighted by molar-refractivity contribution is 7.21. The highest BCUT2D eigenvalue weighted by Gasteiger charge is 2.29. The van der Waals surface area contributed by atoms with Gasteiger partial charge in [-0.05, 0) is 48.3 Å². The summed E-state index contributed by atoms with van der Waals surface area (Å²) in [6, 6.07) is 18.7. The van der Waals surface area contributed by atoms with Crippen LogP contribution in [0.4, 0.5) is 0 Å². The second-order valence-electron chi connectivity index (χ2n) is 8.89. The molecule has 0 spiro atoms. The molecule has 0 aliphatic carbocycles. The maximum atomic E-state index is 13.3. The molecule has 1 atom stereocenters. The standard InChI is InChI=1S/C27H32N2O2S/c1-28(2)27(31)26-23(22-14-8-9-15-24(22)32-26)19-21-13-7-4-10-18-29(21)25(30)17-16-20-11-5-3-6-12-20/h3,5-6,8-9,11-12,14-15,21H,4,7,10,13,16-19H2,1-2H3/t21-/m0/s1. The molecule has 4 nitrogen and oxygen atoms in total. The predicted octanol–water partition coefficient (Wildman–Crippen LogP) is 5.55. The number of hydrogen-bond donors (Lipinski definition) is 0. The van der Waals surface area contributed by atoms with E-state index >= 15 is 0 Å². The van der Waals surface area contributed by atoms with Crippen LogP contribution in [0.25, 0.3) is 10.1 Å². The van der Waals surface area contributed by atoms with Crippen molar-refractivity contribution in [1.29, 1.82) is 0 Å². The van der Waals surface area contributed by atoms with Gasteiger partial charge in [0, 0.05) is 37.8 Å². The van der Waals surface area contributed by atoms with Crippen molar-refractivity contribution in [3.05, 3.63) is 70.6 Å². The minimum atomic E-state index is 0.0526. The van der Waals surface area contributed by atoms with Crippen molar-refractivity contribution >= 4 is 33.2 Å². The van der Waals surface area contributed by atoms with Gasteiger partial charge in [-0.25, -0.2) is 0 Å². The molecule has 0 N–H and O–H groups in total. The Labute approximate surface area is 194 Å². The molecule has 0 unspecified atom stereocenters. The fourth-order valence-corrected chi connectivity index (χ4v) is 5.92. The zero-order valence-corrected chi connectivity index (χ0v) is 19.9. The molecular weight excluding hydrogens is 416 g/mol. The fraction of sp³-hybridized carbons (Fsp3) is 0.407. The summed E-state index contributed by atoms with van der Waals surface area (Å²) in [4.78, 5) is 30.9. The molecule has 168 valence electrons. The van der Waals surface area contributed by atoms with E-state index in [1.807, 2.05) is 44.4 Å². The number of aryl methyl sites for hydroxylation is 1. The van der Waals surface area contributed by atoms with E-state index in [1.54, 1.807) is 16.2 Å². The summed E-state index contributed by atoms with van der Waals surface area (Å²) >= 11 is 1.58. The molecule has 1 saturated heterocycles. The van der Waals surface area contributed by atoms with Gasteiger partial charge in [0.25, 0.3) is 5.91 Å². The number of benzene rings is 2. The monoisotopic (exact) mass is 448 g/mol. The number of rotatable bonds is 6. The summed E-state index contributed by atoms with van der Waals surface area (Å²) in [7, 11) is 3.61. The van der Waals surface area contributed by atoms with Crippen molar-refractivity contribution in [2.24, 2.45) is 0 Å². The number of hydrogen-bond acceptors (Lipinski definition) is 3. The Hall–Kier alpha value is -2.66. The molecule has 1 aliphatic rings. The lowest BCUT2D eigenvalue weighted by Gasteiger charge is -2.31. The van der Waals surface area contributed by atoms with E-state index < -0.39 is 0 Å². The third-order valence-electron chi connectivity index (χ3n) is 6.41.